The van der Waals surface area contributed by atoms with E-state index < -0.39 is 0 Å². The van der Waals surface area contributed by atoms with Crippen LogP contribution in [-0.4, -0.2) is 8.41 Å². The van der Waals surface area contributed by atoms with Crippen molar-refractivity contribution in [2.45, 2.75) is 0 Å². The van der Waals surface area contributed by atoms with Gasteiger partial charge in [0.15, 0.2) is 0 Å². The topological polar surface area (TPSA) is 0 Å². The summed E-state index contributed by atoms with van der Waals surface area (Å²) in [7, 11) is 0. The third-order valence-corrected chi connectivity index (χ3v) is 0. The van der Waals surface area contributed by atoms with Gasteiger partial charge in [-0.25, -0.2) is 0 Å². The molecule has 0 N–H and O–H groups in total. The Hall–Kier alpha value is 3.41. The SMILES string of the molecule is [BH4-].[Cl-].[Cs+].[Na+]. The molecule has 0 aromatic heterocycles. The molecule has 0 saturated carbocycles. The van der Waals surface area contributed by atoms with Crippen LogP contribution in [0.2, 0.25) is 0 Å². The van der Waals surface area contributed by atoms with E-state index in [1.165, 1.54) is 0 Å². The predicted molar refractivity (Wildman–Crippen MR) is 11.3 cm³/mol. The zero-order chi connectivity index (χ0) is 0. The van der Waals surface area contributed by atoms with Gasteiger partial charge in [0.2, 0.25) is 0 Å². The monoisotopic (exact) mass is 206 g/mol. The maximum Gasteiger partial charge on any atom is 1.00 e. The maximum atomic E-state index is 0. The van der Waals surface area contributed by atoms with Crippen LogP contribution in [0.4, 0.5) is 0 Å². The predicted octanol–water partition coefficient (Wildman–Crippen LogP) is -10.4. The average molecular weight is 206 g/mol. The average Bonchev–Trinajstić information content (AvgIpc) is 0. The minimum atomic E-state index is 0. The summed E-state index contributed by atoms with van der Waals surface area (Å²) in [6.07, 6.45) is 0. The zero-order valence-corrected chi connectivity index (χ0v) is 11.4. The molecule has 0 nitrogen and oxygen atoms in total. The van der Waals surface area contributed by atoms with Crippen LogP contribution in [0.5, 0.6) is 0 Å². The van der Waals surface area contributed by atoms with E-state index in [2.05, 4.69) is 0 Å². The van der Waals surface area contributed by atoms with Gasteiger partial charge in [0.1, 0.15) is 0 Å². The normalized spacial score (nSPS) is 0. The third kappa shape index (κ3) is 9.05. The smallest absolute Gasteiger partial charge is 1.00 e. The molecule has 0 fully saturated rings. The zero-order valence-electron chi connectivity index (χ0n) is 2.38. The Morgan fingerprint density at radius 2 is 1.00 bits per heavy atom. The van der Waals surface area contributed by atoms with Crippen LogP contribution in [-0.2, 0) is 0 Å². The molecule has 0 aromatic carbocycles. The Labute approximate surface area is 116 Å². The molecule has 0 rings (SSSR count). The van der Waals surface area contributed by atoms with E-state index in [4.69, 9.17) is 0 Å². The molecule has 0 saturated heterocycles. The molecule has 0 aromatic rings. The minimum absolute atomic E-state index is 0. The van der Waals surface area contributed by atoms with E-state index >= 15 is 0 Å². The molecule has 0 aliphatic carbocycles. The van der Waals surface area contributed by atoms with Crippen LogP contribution in [0.15, 0.2) is 0 Å². The largest absolute Gasteiger partial charge is 1.00 e. The van der Waals surface area contributed by atoms with Gasteiger partial charge < -0.3 is 12.4 Å². The second-order valence-corrected chi connectivity index (χ2v) is 0. The van der Waals surface area contributed by atoms with Gasteiger partial charge in [-0.1, -0.05) is 8.41 Å². The number of hydrogen-bond acceptors (Lipinski definition) is 0. The van der Waals surface area contributed by atoms with E-state index in [-0.39, 0.29) is 119 Å². The van der Waals surface area contributed by atoms with Gasteiger partial charge >= 0.3 is 98.5 Å². The van der Waals surface area contributed by atoms with Crippen molar-refractivity contribution in [2.24, 2.45) is 0 Å². The fourth-order valence-corrected chi connectivity index (χ4v) is 0. The van der Waals surface area contributed by atoms with Gasteiger partial charge in [-0.15, -0.1) is 0 Å². The summed E-state index contributed by atoms with van der Waals surface area (Å²) in [5.41, 5.74) is 0. The Bertz CT molecular complexity index is 8.00. The molecule has 0 bridgehead atoms. The molecule has 0 atom stereocenters. The molecule has 0 radical (unpaired) electrons. The van der Waals surface area contributed by atoms with Gasteiger partial charge in [0, 0.05) is 0 Å². The number of halogens is 1. The first-order valence-corrected chi connectivity index (χ1v) is 0. The first-order chi connectivity index (χ1) is 0. The van der Waals surface area contributed by atoms with Gasteiger partial charge in [-0.05, 0) is 0 Å². The molecule has 4 heavy (non-hydrogen) atoms. The van der Waals surface area contributed by atoms with Crippen molar-refractivity contribution < 1.29 is 111 Å². The van der Waals surface area contributed by atoms with E-state index in [9.17, 15) is 0 Å². The molecule has 0 aliphatic rings. The third-order valence-electron chi connectivity index (χ3n) is 0. The van der Waals surface area contributed by atoms with Crippen molar-refractivity contribution in [3.63, 3.8) is 0 Å². The quantitative estimate of drug-likeness (QED) is 0.345. The van der Waals surface area contributed by atoms with Crippen LogP contribution in [0.1, 0.15) is 0 Å². The standard InChI is InChI=1S/BH4.ClH.Cs.Na/h1H4;1H;;/q-1;;2*+1/p-1. The van der Waals surface area contributed by atoms with E-state index in [0.29, 0.717) is 0 Å². The molecule has 4 heteroatoms. The first-order valence-electron chi connectivity index (χ1n) is 0. The Morgan fingerprint density at radius 1 is 1.00 bits per heavy atom. The number of hydrogen-bond donors (Lipinski definition) is 0. The van der Waals surface area contributed by atoms with Crippen molar-refractivity contribution in [2.75, 3.05) is 0 Å². The van der Waals surface area contributed by atoms with Crippen molar-refractivity contribution in [1.82, 2.24) is 0 Å². The summed E-state index contributed by atoms with van der Waals surface area (Å²) in [5.74, 6) is 0. The number of rotatable bonds is 0. The fourth-order valence-electron chi connectivity index (χ4n) is 0. The molecule has 0 aliphatic heterocycles. The Kier molecular flexibility index (Phi) is 106. The van der Waals surface area contributed by atoms with Crippen LogP contribution in [0.3, 0.4) is 0 Å². The summed E-state index contributed by atoms with van der Waals surface area (Å²) >= 11 is 0. The van der Waals surface area contributed by atoms with E-state index in [1.54, 1.807) is 0 Å². The van der Waals surface area contributed by atoms with Gasteiger partial charge in [-0.3, -0.25) is 0 Å². The van der Waals surface area contributed by atoms with Crippen LogP contribution in [0, 0.1) is 0 Å². The van der Waals surface area contributed by atoms with Crippen molar-refractivity contribution >= 4 is 8.41 Å². The molecule has 16 valence electrons. The fraction of sp³-hybridized carbons (Fsp3) is 0. The summed E-state index contributed by atoms with van der Waals surface area (Å²) in [6.45, 7) is 0. The molecular weight excluding hydrogens is 202 g/mol. The summed E-state index contributed by atoms with van der Waals surface area (Å²) in [5, 5.41) is 0. The molecule has 0 spiro atoms. The van der Waals surface area contributed by atoms with Crippen molar-refractivity contribution in [1.29, 1.82) is 0 Å². The van der Waals surface area contributed by atoms with E-state index in [0.717, 1.165) is 0 Å². The molecular formula is H4BClCsNa. The Balaban J connectivity index is 0. The summed E-state index contributed by atoms with van der Waals surface area (Å²) in [4.78, 5) is 0. The van der Waals surface area contributed by atoms with Crippen molar-refractivity contribution in [3.8, 4) is 0 Å². The van der Waals surface area contributed by atoms with Crippen LogP contribution >= 0.6 is 0 Å². The van der Waals surface area contributed by atoms with Gasteiger partial charge in [-0.2, -0.15) is 0 Å². The van der Waals surface area contributed by atoms with Crippen molar-refractivity contribution in [3.05, 3.63) is 0 Å². The molecule has 0 amide bonds. The maximum absolute atomic E-state index is 0. The summed E-state index contributed by atoms with van der Waals surface area (Å²) < 4.78 is 0. The van der Waals surface area contributed by atoms with Crippen LogP contribution in [0.25, 0.3) is 0 Å². The molecule has 0 unspecified atom stereocenters. The second kappa shape index (κ2) is 16.1. The Morgan fingerprint density at radius 3 is 1.00 bits per heavy atom. The van der Waals surface area contributed by atoms with Gasteiger partial charge in [0.25, 0.3) is 0 Å². The second-order valence-electron chi connectivity index (χ2n) is 0. The minimum Gasteiger partial charge on any atom is -1.00 e. The molecule has 0 heterocycles. The van der Waals surface area contributed by atoms with Gasteiger partial charge in [0.05, 0.1) is 0 Å². The summed E-state index contributed by atoms with van der Waals surface area (Å²) in [6, 6.07) is 0. The first kappa shape index (κ1) is 26.2. The van der Waals surface area contributed by atoms with Crippen LogP contribution < -0.4 is 111 Å². The van der Waals surface area contributed by atoms with E-state index in [1.807, 2.05) is 0 Å².